The third-order valence-corrected chi connectivity index (χ3v) is 7.03. The van der Waals surface area contributed by atoms with Crippen molar-refractivity contribution in [3.8, 4) is 5.75 Å². The predicted octanol–water partition coefficient (Wildman–Crippen LogP) is 5.98. The number of ether oxygens (including phenoxy) is 1. The molecule has 2 fully saturated rings. The van der Waals surface area contributed by atoms with Crippen molar-refractivity contribution in [1.29, 1.82) is 0 Å². The molecule has 2 aromatic carbocycles. The van der Waals surface area contributed by atoms with Crippen molar-refractivity contribution in [2.75, 3.05) is 11.9 Å². The van der Waals surface area contributed by atoms with Gasteiger partial charge in [0.15, 0.2) is 5.50 Å². The Hall–Kier alpha value is -2.40. The largest absolute Gasteiger partial charge is 0.494 e. The predicted molar refractivity (Wildman–Crippen MR) is 125 cm³/mol. The van der Waals surface area contributed by atoms with Crippen molar-refractivity contribution in [2.45, 2.75) is 51.1 Å². The molecule has 0 bridgehead atoms. The second kappa shape index (κ2) is 9.61. The first kappa shape index (κ1) is 20.9. The number of carbonyl (C=O) groups excluding carboxylic acids is 1. The van der Waals surface area contributed by atoms with Crippen LogP contribution in [-0.2, 0) is 4.79 Å². The first-order valence-electron chi connectivity index (χ1n) is 10.9. The quantitative estimate of drug-likeness (QED) is 0.582. The Kier molecular flexibility index (Phi) is 6.68. The molecule has 0 spiro atoms. The second-order valence-corrected chi connectivity index (χ2v) is 9.15. The van der Waals surface area contributed by atoms with Gasteiger partial charge < -0.3 is 15.0 Å². The summed E-state index contributed by atoms with van der Waals surface area (Å²) in [7, 11) is 0. The summed E-state index contributed by atoms with van der Waals surface area (Å²) < 4.78 is 5.53. The molecule has 1 unspecified atom stereocenters. The van der Waals surface area contributed by atoms with E-state index in [1.165, 1.54) is 19.3 Å². The summed E-state index contributed by atoms with van der Waals surface area (Å²) in [5, 5.41) is 3.59. The summed E-state index contributed by atoms with van der Waals surface area (Å²) in [6.07, 6.45) is 6.74. The molecule has 5 heteroatoms. The van der Waals surface area contributed by atoms with Gasteiger partial charge in [0.25, 0.3) is 5.91 Å². The van der Waals surface area contributed by atoms with Gasteiger partial charge in [0.1, 0.15) is 5.75 Å². The van der Waals surface area contributed by atoms with E-state index in [2.05, 4.69) is 29.3 Å². The molecule has 1 aliphatic carbocycles. The normalized spacial score (nSPS) is 25.5. The van der Waals surface area contributed by atoms with E-state index in [1.54, 1.807) is 11.8 Å². The fraction of sp³-hybridized carbons (Fsp3) is 0.400. The van der Waals surface area contributed by atoms with Gasteiger partial charge in [0.2, 0.25) is 0 Å². The van der Waals surface area contributed by atoms with Gasteiger partial charge in [-0.2, -0.15) is 0 Å². The molecule has 2 aromatic rings. The minimum Gasteiger partial charge on any atom is -0.494 e. The van der Waals surface area contributed by atoms with Crippen LogP contribution in [0.3, 0.4) is 0 Å². The molecule has 4 rings (SSSR count). The highest BCUT2D eigenvalue weighted by Crippen LogP contribution is 2.42. The zero-order valence-electron chi connectivity index (χ0n) is 17.7. The molecule has 0 radical (unpaired) electrons. The monoisotopic (exact) mass is 422 g/mol. The molecular weight excluding hydrogens is 392 g/mol. The summed E-state index contributed by atoms with van der Waals surface area (Å²) in [5.74, 6) is 1.51. The van der Waals surface area contributed by atoms with Crippen molar-refractivity contribution < 1.29 is 9.53 Å². The molecule has 1 N–H and O–H groups in total. The first-order valence-corrected chi connectivity index (χ1v) is 11.8. The minimum atomic E-state index is -0.0839. The van der Waals surface area contributed by atoms with Crippen LogP contribution in [0.5, 0.6) is 5.75 Å². The van der Waals surface area contributed by atoms with E-state index in [0.717, 1.165) is 28.3 Å². The van der Waals surface area contributed by atoms with Crippen LogP contribution in [-0.4, -0.2) is 29.0 Å². The Morgan fingerprint density at radius 2 is 1.83 bits per heavy atom. The standard InChI is InChI=1S/C25H30N2O2S/c1-3-29-21-15-13-19(14-16-21)17-23-24(28)27(22-12-8-7-9-18(22)2)25(30-23)26-20-10-5-4-6-11-20/h4-6,10-11,13-18,22,25-26H,3,7-9,12H2,1-2H3/b23-17-/t18-,22+,25?/m0/s1. The van der Waals surface area contributed by atoms with Crippen LogP contribution < -0.4 is 10.1 Å². The van der Waals surface area contributed by atoms with Gasteiger partial charge in [-0.25, -0.2) is 0 Å². The van der Waals surface area contributed by atoms with E-state index in [9.17, 15) is 4.79 Å². The Morgan fingerprint density at radius 1 is 1.10 bits per heavy atom. The zero-order valence-corrected chi connectivity index (χ0v) is 18.5. The van der Waals surface area contributed by atoms with Gasteiger partial charge in [0, 0.05) is 11.7 Å². The lowest BCUT2D eigenvalue weighted by molar-refractivity contribution is -0.129. The lowest BCUT2D eigenvalue weighted by Crippen LogP contribution is -2.48. The molecule has 1 amide bonds. The van der Waals surface area contributed by atoms with Crippen molar-refractivity contribution in [3.05, 3.63) is 65.1 Å². The number of para-hydroxylation sites is 1. The van der Waals surface area contributed by atoms with E-state index in [-0.39, 0.29) is 17.4 Å². The number of nitrogens with one attached hydrogen (secondary N) is 1. The Bertz CT molecular complexity index is 882. The highest BCUT2D eigenvalue weighted by molar-refractivity contribution is 8.05. The minimum absolute atomic E-state index is 0.0839. The number of anilines is 1. The van der Waals surface area contributed by atoms with Crippen LogP contribution in [0.2, 0.25) is 0 Å². The number of rotatable bonds is 6. The Labute approximate surface area is 183 Å². The molecule has 2 aliphatic rings. The Balaban J connectivity index is 1.60. The highest BCUT2D eigenvalue weighted by atomic mass is 32.2. The molecule has 1 saturated carbocycles. The lowest BCUT2D eigenvalue weighted by Gasteiger charge is -2.39. The smallest absolute Gasteiger partial charge is 0.262 e. The second-order valence-electron chi connectivity index (χ2n) is 8.03. The van der Waals surface area contributed by atoms with Gasteiger partial charge in [-0.1, -0.05) is 61.9 Å². The third-order valence-electron chi connectivity index (χ3n) is 5.91. The number of nitrogens with zero attached hydrogens (tertiary/aromatic N) is 1. The average molecular weight is 423 g/mol. The van der Waals surface area contributed by atoms with Gasteiger partial charge in [-0.15, -0.1) is 0 Å². The highest BCUT2D eigenvalue weighted by Gasteiger charge is 2.42. The van der Waals surface area contributed by atoms with Gasteiger partial charge in [-0.05, 0) is 61.6 Å². The van der Waals surface area contributed by atoms with E-state index in [4.69, 9.17) is 4.74 Å². The van der Waals surface area contributed by atoms with Crippen molar-refractivity contribution >= 4 is 29.4 Å². The summed E-state index contributed by atoms with van der Waals surface area (Å²) in [4.78, 5) is 16.4. The van der Waals surface area contributed by atoms with E-state index in [0.29, 0.717) is 12.5 Å². The molecule has 1 aliphatic heterocycles. The maximum Gasteiger partial charge on any atom is 0.262 e. The van der Waals surface area contributed by atoms with Crippen LogP contribution in [0.1, 0.15) is 45.1 Å². The van der Waals surface area contributed by atoms with Gasteiger partial charge in [0.05, 0.1) is 11.5 Å². The van der Waals surface area contributed by atoms with Crippen LogP contribution in [0.4, 0.5) is 5.69 Å². The van der Waals surface area contributed by atoms with Crippen molar-refractivity contribution in [2.24, 2.45) is 5.92 Å². The molecule has 0 aromatic heterocycles. The number of hydrogen-bond acceptors (Lipinski definition) is 4. The Morgan fingerprint density at radius 3 is 2.53 bits per heavy atom. The maximum atomic E-state index is 13.5. The molecule has 3 atom stereocenters. The molecule has 30 heavy (non-hydrogen) atoms. The molecule has 1 saturated heterocycles. The van der Waals surface area contributed by atoms with Crippen LogP contribution in [0, 0.1) is 5.92 Å². The number of amides is 1. The summed E-state index contributed by atoms with van der Waals surface area (Å²) in [6.45, 7) is 4.91. The summed E-state index contributed by atoms with van der Waals surface area (Å²) in [5.41, 5.74) is 1.98. The molecule has 1 heterocycles. The SMILES string of the molecule is CCOc1ccc(/C=C2\SC(Nc3ccccc3)N([C@@H]3CCCC[C@@H]3C)C2=O)cc1. The first-order chi connectivity index (χ1) is 14.7. The third kappa shape index (κ3) is 4.67. The van der Waals surface area contributed by atoms with Crippen LogP contribution >= 0.6 is 11.8 Å². The van der Waals surface area contributed by atoms with Gasteiger partial charge >= 0.3 is 0 Å². The van der Waals surface area contributed by atoms with E-state index < -0.39 is 0 Å². The average Bonchev–Trinajstić information content (AvgIpc) is 3.05. The van der Waals surface area contributed by atoms with Crippen molar-refractivity contribution in [3.63, 3.8) is 0 Å². The fourth-order valence-electron chi connectivity index (χ4n) is 4.35. The maximum absolute atomic E-state index is 13.5. The topological polar surface area (TPSA) is 41.6 Å². The van der Waals surface area contributed by atoms with Crippen LogP contribution in [0.15, 0.2) is 59.5 Å². The van der Waals surface area contributed by atoms with Gasteiger partial charge in [-0.3, -0.25) is 4.79 Å². The van der Waals surface area contributed by atoms with E-state index in [1.807, 2.05) is 55.5 Å². The zero-order chi connectivity index (χ0) is 20.9. The fourth-order valence-corrected chi connectivity index (χ4v) is 5.56. The van der Waals surface area contributed by atoms with Crippen LogP contribution in [0.25, 0.3) is 6.08 Å². The summed E-state index contributed by atoms with van der Waals surface area (Å²) in [6, 6.07) is 18.4. The van der Waals surface area contributed by atoms with E-state index >= 15 is 0 Å². The number of benzene rings is 2. The summed E-state index contributed by atoms with van der Waals surface area (Å²) >= 11 is 1.62. The number of hydrogen-bond donors (Lipinski definition) is 1. The number of carbonyl (C=O) groups is 1. The number of thioether (sulfide) groups is 1. The molecule has 158 valence electrons. The molecular formula is C25H30N2O2S. The lowest BCUT2D eigenvalue weighted by atomic mass is 9.85. The van der Waals surface area contributed by atoms with Crippen molar-refractivity contribution in [1.82, 2.24) is 4.90 Å². The molecule has 4 nitrogen and oxygen atoms in total.